The number of sulfonamides is 1. The highest BCUT2D eigenvalue weighted by Crippen LogP contribution is 2.27. The van der Waals surface area contributed by atoms with Crippen molar-refractivity contribution in [1.82, 2.24) is 9.62 Å². The molecule has 1 N–H and O–H groups in total. The molecule has 2 aromatic carbocycles. The van der Waals surface area contributed by atoms with Crippen LogP contribution in [-0.4, -0.2) is 31.2 Å². The van der Waals surface area contributed by atoms with E-state index in [4.69, 9.17) is 23.2 Å². The van der Waals surface area contributed by atoms with Crippen LogP contribution in [0.4, 0.5) is 0 Å². The minimum Gasteiger partial charge on any atom is -0.353 e. The molecule has 8 heteroatoms. The minimum absolute atomic E-state index is 0.0137. The lowest BCUT2D eigenvalue weighted by atomic mass is 10.2. The van der Waals surface area contributed by atoms with Crippen LogP contribution in [-0.2, 0) is 21.4 Å². The predicted octanol–water partition coefficient (Wildman–Crippen LogP) is 3.71. The van der Waals surface area contributed by atoms with Crippen molar-refractivity contribution in [3.05, 3.63) is 64.1 Å². The zero-order chi connectivity index (χ0) is 19.3. The van der Waals surface area contributed by atoms with Crippen LogP contribution in [0.2, 0.25) is 10.0 Å². The maximum Gasteiger partial charge on any atom is 0.243 e. The van der Waals surface area contributed by atoms with Crippen molar-refractivity contribution in [2.24, 2.45) is 0 Å². The molecule has 0 radical (unpaired) electrons. The molecule has 140 valence electrons. The van der Waals surface area contributed by atoms with Gasteiger partial charge >= 0.3 is 0 Å². The van der Waals surface area contributed by atoms with Crippen molar-refractivity contribution in [3.63, 3.8) is 0 Å². The number of halogens is 2. The van der Waals surface area contributed by atoms with E-state index in [1.807, 2.05) is 32.0 Å². The van der Waals surface area contributed by atoms with Crippen LogP contribution in [0, 0.1) is 0 Å². The molecule has 0 aromatic heterocycles. The number of carbonyl (C=O) groups excluding carboxylic acids is 1. The highest BCUT2D eigenvalue weighted by molar-refractivity contribution is 7.89. The second-order valence-electron chi connectivity index (χ2n) is 6.06. The first-order valence-electron chi connectivity index (χ1n) is 7.98. The van der Waals surface area contributed by atoms with Gasteiger partial charge in [0, 0.05) is 12.6 Å². The van der Waals surface area contributed by atoms with Crippen LogP contribution >= 0.6 is 23.2 Å². The smallest absolute Gasteiger partial charge is 0.243 e. The molecule has 0 unspecified atom stereocenters. The standard InChI is InChI=1S/C18H20Cl2N2O3S/c1-13(2)21-18(23)12-22(11-14-6-4-3-5-7-14)26(24,25)15-8-9-16(19)17(20)10-15/h3-10,13H,11-12H2,1-2H3,(H,21,23). The third-order valence-corrected chi connectivity index (χ3v) is 6.03. The van der Waals surface area contributed by atoms with Crippen LogP contribution < -0.4 is 5.32 Å². The summed E-state index contributed by atoms with van der Waals surface area (Å²) < 4.78 is 27.3. The Morgan fingerprint density at radius 3 is 2.31 bits per heavy atom. The van der Waals surface area contributed by atoms with E-state index in [-0.39, 0.29) is 40.0 Å². The van der Waals surface area contributed by atoms with Crippen LogP contribution in [0.15, 0.2) is 53.4 Å². The first kappa shape index (κ1) is 20.7. The molecule has 0 saturated carbocycles. The van der Waals surface area contributed by atoms with Crippen molar-refractivity contribution in [2.45, 2.75) is 31.3 Å². The predicted molar refractivity (Wildman–Crippen MR) is 104 cm³/mol. The molecule has 2 rings (SSSR count). The summed E-state index contributed by atoms with van der Waals surface area (Å²) in [6, 6.07) is 13.1. The maximum atomic E-state index is 13.1. The first-order valence-corrected chi connectivity index (χ1v) is 10.2. The van der Waals surface area contributed by atoms with Gasteiger partial charge in [0.15, 0.2) is 0 Å². The summed E-state index contributed by atoms with van der Waals surface area (Å²) in [4.78, 5) is 12.2. The van der Waals surface area contributed by atoms with E-state index < -0.39 is 10.0 Å². The lowest BCUT2D eigenvalue weighted by Gasteiger charge is -2.23. The molecular weight excluding hydrogens is 395 g/mol. The topological polar surface area (TPSA) is 66.5 Å². The summed E-state index contributed by atoms with van der Waals surface area (Å²) in [5.74, 6) is -0.375. The van der Waals surface area contributed by atoms with E-state index in [0.29, 0.717) is 0 Å². The molecule has 1 amide bonds. The van der Waals surface area contributed by atoms with E-state index in [1.165, 1.54) is 18.2 Å². The van der Waals surface area contributed by atoms with Gasteiger partial charge in [0.1, 0.15) is 0 Å². The Labute approximate surface area is 164 Å². The molecular formula is C18H20Cl2N2O3S. The van der Waals surface area contributed by atoms with E-state index in [0.717, 1.165) is 9.87 Å². The second kappa shape index (κ2) is 8.86. The number of nitrogens with one attached hydrogen (secondary N) is 1. The summed E-state index contributed by atoms with van der Waals surface area (Å²) in [6.07, 6.45) is 0. The van der Waals surface area contributed by atoms with Gasteiger partial charge in [-0.2, -0.15) is 4.31 Å². The van der Waals surface area contributed by atoms with Gasteiger partial charge in [0.05, 0.1) is 21.5 Å². The maximum absolute atomic E-state index is 13.1. The quantitative estimate of drug-likeness (QED) is 0.750. The van der Waals surface area contributed by atoms with E-state index in [2.05, 4.69) is 5.32 Å². The lowest BCUT2D eigenvalue weighted by Crippen LogP contribution is -2.42. The third kappa shape index (κ3) is 5.45. The number of hydrogen-bond acceptors (Lipinski definition) is 3. The highest BCUT2D eigenvalue weighted by Gasteiger charge is 2.27. The molecule has 0 aliphatic heterocycles. The number of amides is 1. The SMILES string of the molecule is CC(C)NC(=O)CN(Cc1ccccc1)S(=O)(=O)c1ccc(Cl)c(Cl)c1. The molecule has 0 spiro atoms. The van der Waals surface area contributed by atoms with Crippen LogP contribution in [0.3, 0.4) is 0 Å². The van der Waals surface area contributed by atoms with Crippen LogP contribution in [0.1, 0.15) is 19.4 Å². The summed E-state index contributed by atoms with van der Waals surface area (Å²) in [6.45, 7) is 3.39. The first-order chi connectivity index (χ1) is 12.2. The number of benzene rings is 2. The zero-order valence-electron chi connectivity index (χ0n) is 14.4. The number of rotatable bonds is 7. The minimum atomic E-state index is -3.94. The van der Waals surface area contributed by atoms with E-state index in [1.54, 1.807) is 12.1 Å². The summed E-state index contributed by atoms with van der Waals surface area (Å²) in [5, 5.41) is 3.11. The largest absolute Gasteiger partial charge is 0.353 e. The molecule has 0 aliphatic carbocycles. The molecule has 26 heavy (non-hydrogen) atoms. The molecule has 0 atom stereocenters. The molecule has 0 fully saturated rings. The fourth-order valence-electron chi connectivity index (χ4n) is 2.33. The number of hydrogen-bond donors (Lipinski definition) is 1. The average molecular weight is 415 g/mol. The van der Waals surface area contributed by atoms with Crippen molar-refractivity contribution in [2.75, 3.05) is 6.54 Å². The van der Waals surface area contributed by atoms with Gasteiger partial charge in [-0.05, 0) is 37.6 Å². The lowest BCUT2D eigenvalue weighted by molar-refractivity contribution is -0.121. The Kier molecular flexibility index (Phi) is 7.06. The normalized spacial score (nSPS) is 11.8. The number of carbonyl (C=O) groups is 1. The van der Waals surface area contributed by atoms with Gasteiger partial charge in [-0.3, -0.25) is 4.79 Å². The highest BCUT2D eigenvalue weighted by atomic mass is 35.5. The Hall–Kier alpha value is -1.60. The monoisotopic (exact) mass is 414 g/mol. The summed E-state index contributed by atoms with van der Waals surface area (Å²) in [5.41, 5.74) is 0.772. The van der Waals surface area contributed by atoms with Gasteiger partial charge < -0.3 is 5.32 Å². The molecule has 2 aromatic rings. The Bertz CT molecular complexity index is 871. The van der Waals surface area contributed by atoms with Crippen LogP contribution in [0.25, 0.3) is 0 Å². The van der Waals surface area contributed by atoms with Crippen molar-refractivity contribution >= 4 is 39.1 Å². The fraction of sp³-hybridized carbons (Fsp3) is 0.278. The van der Waals surface area contributed by atoms with Gasteiger partial charge in [-0.15, -0.1) is 0 Å². The molecule has 0 bridgehead atoms. The Morgan fingerprint density at radius 1 is 1.08 bits per heavy atom. The van der Waals surface area contributed by atoms with Crippen molar-refractivity contribution in [1.29, 1.82) is 0 Å². The fourth-order valence-corrected chi connectivity index (χ4v) is 4.10. The van der Waals surface area contributed by atoms with Crippen molar-refractivity contribution in [3.8, 4) is 0 Å². The summed E-state index contributed by atoms with van der Waals surface area (Å²) >= 11 is 11.8. The molecule has 0 saturated heterocycles. The molecule has 5 nitrogen and oxygen atoms in total. The van der Waals surface area contributed by atoms with Crippen LogP contribution in [0.5, 0.6) is 0 Å². The zero-order valence-corrected chi connectivity index (χ0v) is 16.8. The van der Waals surface area contributed by atoms with Gasteiger partial charge in [0.25, 0.3) is 0 Å². The van der Waals surface area contributed by atoms with Gasteiger partial charge in [-0.1, -0.05) is 53.5 Å². The van der Waals surface area contributed by atoms with Gasteiger partial charge in [-0.25, -0.2) is 8.42 Å². The van der Waals surface area contributed by atoms with E-state index >= 15 is 0 Å². The van der Waals surface area contributed by atoms with Crippen molar-refractivity contribution < 1.29 is 13.2 Å². The third-order valence-electron chi connectivity index (χ3n) is 3.50. The summed E-state index contributed by atoms with van der Waals surface area (Å²) in [7, 11) is -3.94. The Balaban J connectivity index is 2.37. The molecule has 0 aliphatic rings. The number of nitrogens with zero attached hydrogens (tertiary/aromatic N) is 1. The van der Waals surface area contributed by atoms with Gasteiger partial charge in [0.2, 0.25) is 15.9 Å². The second-order valence-corrected chi connectivity index (χ2v) is 8.81. The average Bonchev–Trinajstić information content (AvgIpc) is 2.57. The van der Waals surface area contributed by atoms with E-state index in [9.17, 15) is 13.2 Å². The Morgan fingerprint density at radius 2 is 1.73 bits per heavy atom. The molecule has 0 heterocycles.